The van der Waals surface area contributed by atoms with Crippen LogP contribution in [0.25, 0.3) is 21.8 Å². The lowest BCUT2D eigenvalue weighted by Gasteiger charge is -2.08. The number of rotatable bonds is 4. The third-order valence-corrected chi connectivity index (χ3v) is 4.17. The molecule has 3 nitrogen and oxygen atoms in total. The van der Waals surface area contributed by atoms with E-state index in [4.69, 9.17) is 9.47 Å². The molecule has 0 aliphatic carbocycles. The lowest BCUT2D eigenvalue weighted by Crippen LogP contribution is -1.90. The minimum absolute atomic E-state index is 0.251. The molecule has 2 aromatic carbocycles. The van der Waals surface area contributed by atoms with Gasteiger partial charge in [0.15, 0.2) is 11.5 Å². The van der Waals surface area contributed by atoms with Crippen LogP contribution < -0.4 is 9.47 Å². The molecular formula is C17H14FNO2S. The zero-order chi connectivity index (χ0) is 15.5. The molecule has 0 fully saturated rings. The van der Waals surface area contributed by atoms with Crippen molar-refractivity contribution in [3.63, 3.8) is 0 Å². The number of aromatic nitrogens is 1. The van der Waals surface area contributed by atoms with Crippen LogP contribution in [-0.4, -0.2) is 19.2 Å². The number of ether oxygens (including phenoxy) is 2. The topological polar surface area (TPSA) is 31.4 Å². The van der Waals surface area contributed by atoms with Crippen LogP contribution in [0.3, 0.4) is 0 Å². The van der Waals surface area contributed by atoms with Crippen molar-refractivity contribution in [3.05, 3.63) is 53.7 Å². The number of thiazole rings is 1. The van der Waals surface area contributed by atoms with Crippen LogP contribution in [0.1, 0.15) is 0 Å². The summed E-state index contributed by atoms with van der Waals surface area (Å²) in [6.07, 6.45) is 0. The van der Waals surface area contributed by atoms with Crippen molar-refractivity contribution in [1.82, 2.24) is 4.98 Å². The van der Waals surface area contributed by atoms with Crippen LogP contribution in [-0.2, 0) is 0 Å². The predicted octanol–water partition coefficient (Wildman–Crippen LogP) is 4.63. The first-order valence-electron chi connectivity index (χ1n) is 6.65. The highest BCUT2D eigenvalue weighted by Crippen LogP contribution is 2.35. The van der Waals surface area contributed by atoms with Crippen LogP contribution in [0.2, 0.25) is 0 Å². The molecule has 0 saturated heterocycles. The average Bonchev–Trinajstić information content (AvgIpc) is 3.05. The molecule has 1 aromatic heterocycles. The molecule has 0 aliphatic rings. The van der Waals surface area contributed by atoms with Crippen molar-refractivity contribution in [2.75, 3.05) is 14.2 Å². The van der Waals surface area contributed by atoms with E-state index in [1.807, 2.05) is 23.6 Å². The molecule has 112 valence electrons. The maximum atomic E-state index is 13.0. The number of hydrogen-bond acceptors (Lipinski definition) is 4. The smallest absolute Gasteiger partial charge is 0.161 e. The maximum Gasteiger partial charge on any atom is 0.161 e. The summed E-state index contributed by atoms with van der Waals surface area (Å²) < 4.78 is 23.5. The second-order valence-electron chi connectivity index (χ2n) is 4.61. The van der Waals surface area contributed by atoms with Crippen molar-refractivity contribution in [1.29, 1.82) is 0 Å². The molecular weight excluding hydrogens is 301 g/mol. The van der Waals surface area contributed by atoms with Gasteiger partial charge in [0.25, 0.3) is 0 Å². The van der Waals surface area contributed by atoms with Crippen LogP contribution in [0.4, 0.5) is 4.39 Å². The summed E-state index contributed by atoms with van der Waals surface area (Å²) in [5.74, 6) is 1.10. The summed E-state index contributed by atoms with van der Waals surface area (Å²) in [6.45, 7) is 0. The Bertz CT molecular complexity index is 784. The van der Waals surface area contributed by atoms with Gasteiger partial charge in [-0.2, -0.15) is 0 Å². The fourth-order valence-corrected chi connectivity index (χ4v) is 2.95. The second kappa shape index (κ2) is 6.15. The van der Waals surface area contributed by atoms with Gasteiger partial charge in [-0.15, -0.1) is 11.3 Å². The summed E-state index contributed by atoms with van der Waals surface area (Å²) in [5.41, 5.74) is 2.68. The molecule has 0 saturated carbocycles. The lowest BCUT2D eigenvalue weighted by atomic mass is 10.1. The van der Waals surface area contributed by atoms with Crippen molar-refractivity contribution < 1.29 is 13.9 Å². The van der Waals surface area contributed by atoms with E-state index >= 15 is 0 Å². The number of nitrogens with zero attached hydrogens (tertiary/aromatic N) is 1. The van der Waals surface area contributed by atoms with E-state index in [0.717, 1.165) is 21.8 Å². The zero-order valence-electron chi connectivity index (χ0n) is 12.2. The molecule has 0 N–H and O–H groups in total. The largest absolute Gasteiger partial charge is 0.493 e. The van der Waals surface area contributed by atoms with Gasteiger partial charge in [0, 0.05) is 16.5 Å². The van der Waals surface area contributed by atoms with Crippen molar-refractivity contribution in [2.45, 2.75) is 0 Å². The third kappa shape index (κ3) is 2.80. The van der Waals surface area contributed by atoms with Crippen LogP contribution in [0, 0.1) is 5.82 Å². The highest BCUT2D eigenvalue weighted by atomic mass is 32.1. The molecule has 0 aliphatic heterocycles. The number of hydrogen-bond donors (Lipinski definition) is 0. The number of methoxy groups -OCH3 is 2. The Balaban J connectivity index is 1.95. The minimum atomic E-state index is -0.251. The summed E-state index contributed by atoms with van der Waals surface area (Å²) in [4.78, 5) is 4.61. The van der Waals surface area contributed by atoms with Crippen LogP contribution in [0.5, 0.6) is 11.5 Å². The normalized spacial score (nSPS) is 10.5. The van der Waals surface area contributed by atoms with E-state index in [2.05, 4.69) is 4.98 Å². The molecule has 3 aromatic rings. The van der Waals surface area contributed by atoms with E-state index in [1.54, 1.807) is 26.4 Å². The molecule has 1 heterocycles. The Hall–Kier alpha value is -2.40. The molecule has 0 atom stereocenters. The van der Waals surface area contributed by atoms with E-state index in [1.165, 1.54) is 23.5 Å². The van der Waals surface area contributed by atoms with Crippen molar-refractivity contribution >= 4 is 11.3 Å². The van der Waals surface area contributed by atoms with Gasteiger partial charge in [0.05, 0.1) is 19.9 Å². The van der Waals surface area contributed by atoms with E-state index in [-0.39, 0.29) is 5.82 Å². The highest BCUT2D eigenvalue weighted by Gasteiger charge is 2.10. The SMILES string of the molecule is COc1ccc(-c2nc(-c3ccc(F)cc3)cs2)cc1OC. The average molecular weight is 315 g/mol. The molecule has 0 bridgehead atoms. The minimum Gasteiger partial charge on any atom is -0.493 e. The van der Waals surface area contributed by atoms with Gasteiger partial charge in [-0.05, 0) is 42.5 Å². The Morgan fingerprint density at radius 1 is 0.909 bits per heavy atom. The Morgan fingerprint density at radius 3 is 2.27 bits per heavy atom. The van der Waals surface area contributed by atoms with Crippen LogP contribution in [0.15, 0.2) is 47.8 Å². The fraction of sp³-hybridized carbons (Fsp3) is 0.118. The lowest BCUT2D eigenvalue weighted by molar-refractivity contribution is 0.355. The first kappa shape index (κ1) is 14.5. The second-order valence-corrected chi connectivity index (χ2v) is 5.47. The molecule has 0 amide bonds. The van der Waals surface area contributed by atoms with Gasteiger partial charge in [-0.3, -0.25) is 0 Å². The number of halogens is 1. The Labute approximate surface area is 132 Å². The Kier molecular flexibility index (Phi) is 4.06. The standard InChI is InChI=1S/C17H14FNO2S/c1-20-15-8-5-12(9-16(15)21-2)17-19-14(10-22-17)11-3-6-13(18)7-4-11/h3-10H,1-2H3. The first-order chi connectivity index (χ1) is 10.7. The molecule has 5 heteroatoms. The number of benzene rings is 2. The van der Waals surface area contributed by atoms with Gasteiger partial charge in [-0.25, -0.2) is 9.37 Å². The molecule has 3 rings (SSSR count). The Morgan fingerprint density at radius 2 is 1.59 bits per heavy atom. The van der Waals surface area contributed by atoms with Crippen LogP contribution >= 0.6 is 11.3 Å². The van der Waals surface area contributed by atoms with Crippen molar-refractivity contribution in [3.8, 4) is 33.3 Å². The molecule has 0 unspecified atom stereocenters. The summed E-state index contributed by atoms with van der Waals surface area (Å²) in [6, 6.07) is 12.0. The fourth-order valence-electron chi connectivity index (χ4n) is 2.13. The monoisotopic (exact) mass is 315 g/mol. The predicted molar refractivity (Wildman–Crippen MR) is 86.0 cm³/mol. The van der Waals surface area contributed by atoms with Gasteiger partial charge in [0.1, 0.15) is 10.8 Å². The van der Waals surface area contributed by atoms with Gasteiger partial charge < -0.3 is 9.47 Å². The van der Waals surface area contributed by atoms with E-state index in [0.29, 0.717) is 11.5 Å². The first-order valence-corrected chi connectivity index (χ1v) is 7.53. The molecule has 22 heavy (non-hydrogen) atoms. The summed E-state index contributed by atoms with van der Waals surface area (Å²) >= 11 is 1.53. The molecule has 0 spiro atoms. The zero-order valence-corrected chi connectivity index (χ0v) is 13.0. The van der Waals surface area contributed by atoms with Gasteiger partial charge >= 0.3 is 0 Å². The highest BCUT2D eigenvalue weighted by molar-refractivity contribution is 7.13. The van der Waals surface area contributed by atoms with Crippen molar-refractivity contribution in [2.24, 2.45) is 0 Å². The third-order valence-electron chi connectivity index (χ3n) is 3.27. The van der Waals surface area contributed by atoms with Gasteiger partial charge in [0.2, 0.25) is 0 Å². The maximum absolute atomic E-state index is 13.0. The van der Waals surface area contributed by atoms with E-state index in [9.17, 15) is 4.39 Å². The summed E-state index contributed by atoms with van der Waals surface area (Å²) in [7, 11) is 3.21. The molecule has 0 radical (unpaired) electrons. The quantitative estimate of drug-likeness (QED) is 0.703. The summed E-state index contributed by atoms with van der Waals surface area (Å²) in [5, 5.41) is 2.83. The van der Waals surface area contributed by atoms with Gasteiger partial charge in [-0.1, -0.05) is 0 Å². The van der Waals surface area contributed by atoms with E-state index < -0.39 is 0 Å².